The number of rotatable bonds is 9. The van der Waals surface area contributed by atoms with Crippen LogP contribution in [0.4, 0.5) is 5.69 Å². The van der Waals surface area contributed by atoms with Crippen molar-refractivity contribution in [1.29, 1.82) is 0 Å². The average molecular weight is 490 g/mol. The molecule has 27 heavy (non-hydrogen) atoms. The molecule has 1 amide bonds. The highest BCUT2D eigenvalue weighted by atomic mass is 127. The van der Waals surface area contributed by atoms with E-state index in [4.69, 9.17) is 9.47 Å². The van der Waals surface area contributed by atoms with Gasteiger partial charge < -0.3 is 25.4 Å². The maximum atomic E-state index is 12.1. The molecule has 1 aromatic carbocycles. The Hall–Kier alpha value is -1.39. The quantitative estimate of drug-likeness (QED) is 0.214. The van der Waals surface area contributed by atoms with Crippen molar-refractivity contribution in [3.63, 3.8) is 0 Å². The van der Waals surface area contributed by atoms with Crippen LogP contribution in [0.3, 0.4) is 0 Å². The summed E-state index contributed by atoms with van der Waals surface area (Å²) in [7, 11) is 1.68. The smallest absolute Gasteiger partial charge is 0.243 e. The molecule has 8 heteroatoms. The third-order valence-electron chi connectivity index (χ3n) is 4.11. The summed E-state index contributed by atoms with van der Waals surface area (Å²) in [6.45, 7) is 5.16. The minimum atomic E-state index is -0.106. The summed E-state index contributed by atoms with van der Waals surface area (Å²) in [4.78, 5) is 16.2. The Bertz CT molecular complexity index is 592. The predicted molar refractivity (Wildman–Crippen MR) is 119 cm³/mol. The van der Waals surface area contributed by atoms with Gasteiger partial charge in [-0.05, 0) is 37.0 Å². The van der Waals surface area contributed by atoms with Crippen molar-refractivity contribution >= 4 is 41.5 Å². The van der Waals surface area contributed by atoms with Crippen molar-refractivity contribution < 1.29 is 14.3 Å². The summed E-state index contributed by atoms with van der Waals surface area (Å²) in [6.07, 6.45) is 3.03. The summed E-state index contributed by atoms with van der Waals surface area (Å²) in [5.74, 6) is 0.498. The van der Waals surface area contributed by atoms with E-state index < -0.39 is 0 Å². The number of nitrogens with one attached hydrogen (secondary N) is 3. The predicted octanol–water partition coefficient (Wildman–Crippen LogP) is 2.17. The van der Waals surface area contributed by atoms with Gasteiger partial charge in [-0.2, -0.15) is 0 Å². The third-order valence-corrected chi connectivity index (χ3v) is 4.11. The van der Waals surface area contributed by atoms with Crippen LogP contribution in [-0.2, 0) is 20.7 Å². The first kappa shape index (κ1) is 23.6. The van der Waals surface area contributed by atoms with Crippen molar-refractivity contribution in [1.82, 2.24) is 10.6 Å². The number of hydrogen-bond donors (Lipinski definition) is 3. The second-order valence-electron chi connectivity index (χ2n) is 6.16. The average Bonchev–Trinajstić information content (AvgIpc) is 3.17. The van der Waals surface area contributed by atoms with Gasteiger partial charge in [0.2, 0.25) is 5.91 Å². The number of aryl methyl sites for hydroxylation is 1. The second kappa shape index (κ2) is 13.7. The second-order valence-corrected chi connectivity index (χ2v) is 6.16. The topological polar surface area (TPSA) is 84.0 Å². The molecule has 1 saturated heterocycles. The highest BCUT2D eigenvalue weighted by molar-refractivity contribution is 14.0. The van der Waals surface area contributed by atoms with Crippen LogP contribution in [0.15, 0.2) is 29.3 Å². The number of hydrogen-bond acceptors (Lipinski definition) is 4. The maximum Gasteiger partial charge on any atom is 0.243 e. The number of guanidine groups is 1. The van der Waals surface area contributed by atoms with Crippen LogP contribution in [0, 0.1) is 0 Å². The van der Waals surface area contributed by atoms with Crippen molar-refractivity contribution in [3.8, 4) is 0 Å². The molecule has 1 unspecified atom stereocenters. The van der Waals surface area contributed by atoms with E-state index in [9.17, 15) is 4.79 Å². The lowest BCUT2D eigenvalue weighted by molar-refractivity contribution is -0.115. The molecule has 0 radical (unpaired) electrons. The van der Waals surface area contributed by atoms with Crippen LogP contribution in [0.2, 0.25) is 0 Å². The molecule has 1 atom stereocenters. The fraction of sp³-hybridized carbons (Fsp3) is 0.579. The van der Waals surface area contributed by atoms with E-state index in [1.807, 2.05) is 24.3 Å². The minimum Gasteiger partial charge on any atom is -0.379 e. The van der Waals surface area contributed by atoms with Crippen LogP contribution < -0.4 is 16.0 Å². The minimum absolute atomic E-state index is 0. The first-order chi connectivity index (χ1) is 12.7. The number of halogens is 1. The van der Waals surface area contributed by atoms with E-state index in [-0.39, 0.29) is 42.5 Å². The maximum absolute atomic E-state index is 12.1. The highest BCUT2D eigenvalue weighted by Crippen LogP contribution is 2.10. The van der Waals surface area contributed by atoms with Crippen molar-refractivity contribution in [2.24, 2.45) is 4.99 Å². The fourth-order valence-corrected chi connectivity index (χ4v) is 2.63. The van der Waals surface area contributed by atoms with Crippen LogP contribution in [-0.4, -0.2) is 57.9 Å². The molecule has 0 saturated carbocycles. The number of anilines is 1. The molecule has 1 fully saturated rings. The van der Waals surface area contributed by atoms with Gasteiger partial charge in [0.05, 0.1) is 19.3 Å². The first-order valence-electron chi connectivity index (χ1n) is 9.24. The molecule has 1 aromatic rings. The Morgan fingerprint density at radius 1 is 1.37 bits per heavy atom. The van der Waals surface area contributed by atoms with E-state index >= 15 is 0 Å². The van der Waals surface area contributed by atoms with Gasteiger partial charge in [0, 0.05) is 32.5 Å². The number of amides is 1. The van der Waals surface area contributed by atoms with E-state index in [0.29, 0.717) is 19.2 Å². The zero-order valence-electron chi connectivity index (χ0n) is 16.1. The monoisotopic (exact) mass is 490 g/mol. The van der Waals surface area contributed by atoms with Gasteiger partial charge in [0.15, 0.2) is 5.96 Å². The number of carbonyl (C=O) groups is 1. The molecule has 1 aliphatic rings. The molecule has 1 aliphatic heterocycles. The number of nitrogens with zero attached hydrogens (tertiary/aromatic N) is 1. The van der Waals surface area contributed by atoms with Gasteiger partial charge in [-0.25, -0.2) is 0 Å². The molecule has 1 heterocycles. The first-order valence-corrected chi connectivity index (χ1v) is 9.24. The van der Waals surface area contributed by atoms with Gasteiger partial charge in [0.25, 0.3) is 0 Å². The van der Waals surface area contributed by atoms with E-state index in [0.717, 1.165) is 38.1 Å². The van der Waals surface area contributed by atoms with Crippen molar-refractivity contribution in [3.05, 3.63) is 29.8 Å². The van der Waals surface area contributed by atoms with E-state index in [1.54, 1.807) is 7.05 Å². The zero-order valence-corrected chi connectivity index (χ0v) is 18.5. The fourth-order valence-electron chi connectivity index (χ4n) is 2.63. The Kier molecular flexibility index (Phi) is 12.0. The molecule has 3 N–H and O–H groups in total. The number of carbonyl (C=O) groups excluding carboxylic acids is 1. The summed E-state index contributed by atoms with van der Waals surface area (Å²) in [5.41, 5.74) is 2.01. The van der Waals surface area contributed by atoms with Gasteiger partial charge in [-0.1, -0.05) is 19.1 Å². The Balaban J connectivity index is 0.00000364. The van der Waals surface area contributed by atoms with E-state index in [1.165, 1.54) is 5.56 Å². The highest BCUT2D eigenvalue weighted by Gasteiger charge is 2.15. The molecular formula is C19H31IN4O3. The lowest BCUT2D eigenvalue weighted by Gasteiger charge is -2.13. The number of aliphatic imine (C=N–C) groups is 1. The summed E-state index contributed by atoms with van der Waals surface area (Å²) < 4.78 is 11.0. The Labute approximate surface area is 178 Å². The lowest BCUT2D eigenvalue weighted by atomic mass is 10.1. The van der Waals surface area contributed by atoms with Crippen LogP contribution in [0.25, 0.3) is 0 Å². The van der Waals surface area contributed by atoms with Crippen LogP contribution >= 0.6 is 24.0 Å². The van der Waals surface area contributed by atoms with Crippen molar-refractivity contribution in [2.45, 2.75) is 32.3 Å². The third kappa shape index (κ3) is 9.39. The van der Waals surface area contributed by atoms with E-state index in [2.05, 4.69) is 27.9 Å². The molecule has 0 aliphatic carbocycles. The van der Waals surface area contributed by atoms with Gasteiger partial charge in [0.1, 0.15) is 0 Å². The molecular weight excluding hydrogens is 459 g/mol. The SMILES string of the molecule is CCc1cccc(NC(=O)CNC(=NC)NCCCOC2CCOC2)c1.I. The Morgan fingerprint density at radius 2 is 2.22 bits per heavy atom. The molecule has 0 aromatic heterocycles. The zero-order chi connectivity index (χ0) is 18.6. The van der Waals surface area contributed by atoms with Gasteiger partial charge >= 0.3 is 0 Å². The normalized spacial score (nSPS) is 16.5. The number of ether oxygens (including phenoxy) is 2. The molecule has 0 bridgehead atoms. The molecule has 2 rings (SSSR count). The molecule has 0 spiro atoms. The van der Waals surface area contributed by atoms with Gasteiger partial charge in [-0.3, -0.25) is 9.79 Å². The summed E-state index contributed by atoms with van der Waals surface area (Å²) >= 11 is 0. The number of benzene rings is 1. The standard InChI is InChI=1S/C19H30N4O3.HI/c1-3-15-6-4-7-16(12-15)23-18(24)13-22-19(20-2)21-9-5-10-26-17-8-11-25-14-17;/h4,6-7,12,17H,3,5,8-11,13-14H2,1-2H3,(H,23,24)(H2,20,21,22);1H. The van der Waals surface area contributed by atoms with Gasteiger partial charge in [-0.15, -0.1) is 24.0 Å². The molecule has 7 nitrogen and oxygen atoms in total. The Morgan fingerprint density at radius 3 is 2.93 bits per heavy atom. The summed E-state index contributed by atoms with van der Waals surface area (Å²) in [6, 6.07) is 7.87. The summed E-state index contributed by atoms with van der Waals surface area (Å²) in [5, 5.41) is 9.08. The molecule has 152 valence electrons. The van der Waals surface area contributed by atoms with Crippen molar-refractivity contribution in [2.75, 3.05) is 45.3 Å². The van der Waals surface area contributed by atoms with Crippen LogP contribution in [0.5, 0.6) is 0 Å². The lowest BCUT2D eigenvalue weighted by Crippen LogP contribution is -2.41. The largest absolute Gasteiger partial charge is 0.379 e. The van der Waals surface area contributed by atoms with Crippen LogP contribution in [0.1, 0.15) is 25.3 Å².